The van der Waals surface area contributed by atoms with Gasteiger partial charge < -0.3 is 10.2 Å². The fourth-order valence-corrected chi connectivity index (χ4v) is 5.72. The lowest BCUT2D eigenvalue weighted by molar-refractivity contribution is 0.102. The van der Waals surface area contributed by atoms with E-state index in [1.165, 1.54) is 90.3 Å². The van der Waals surface area contributed by atoms with Gasteiger partial charge in [0.15, 0.2) is 0 Å². The molecule has 114 valence electrons. The van der Waals surface area contributed by atoms with Crippen LogP contribution in [0.15, 0.2) is 0 Å². The average Bonchev–Trinajstić information content (AvgIpc) is 3.08. The molecule has 0 radical (unpaired) electrons. The van der Waals surface area contributed by atoms with Crippen LogP contribution >= 0.6 is 0 Å². The molecule has 2 saturated heterocycles. The molecule has 20 heavy (non-hydrogen) atoms. The molecule has 0 aromatic heterocycles. The first-order chi connectivity index (χ1) is 9.83. The number of nitrogens with one attached hydrogen (secondary N) is 1. The fourth-order valence-electron chi connectivity index (χ4n) is 5.72. The zero-order valence-corrected chi connectivity index (χ0v) is 13.1. The second kappa shape index (κ2) is 5.61. The van der Waals surface area contributed by atoms with Gasteiger partial charge in [-0.15, -0.1) is 0 Å². The third-order valence-electron chi connectivity index (χ3n) is 7.01. The summed E-state index contributed by atoms with van der Waals surface area (Å²) < 4.78 is 0. The molecule has 0 aromatic carbocycles. The topological polar surface area (TPSA) is 15.3 Å². The second-order valence-corrected chi connectivity index (χ2v) is 8.26. The minimum atomic E-state index is 0.785. The maximum Gasteiger partial charge on any atom is 0.0200 e. The van der Waals surface area contributed by atoms with E-state index in [-0.39, 0.29) is 0 Å². The number of likely N-dealkylation sites (tertiary alicyclic amines) is 1. The van der Waals surface area contributed by atoms with Crippen molar-refractivity contribution in [3.8, 4) is 0 Å². The van der Waals surface area contributed by atoms with Crippen molar-refractivity contribution >= 4 is 0 Å². The molecule has 2 aliphatic heterocycles. The first kappa shape index (κ1) is 13.6. The molecule has 1 N–H and O–H groups in total. The number of rotatable bonds is 2. The Bertz CT molecular complexity index is 310. The van der Waals surface area contributed by atoms with Gasteiger partial charge >= 0.3 is 0 Å². The van der Waals surface area contributed by atoms with Gasteiger partial charge in [-0.2, -0.15) is 0 Å². The number of hydrogen-bond donors (Lipinski definition) is 1. The molecule has 0 bridgehead atoms. The zero-order valence-electron chi connectivity index (χ0n) is 13.1. The van der Waals surface area contributed by atoms with Crippen LogP contribution in [0.2, 0.25) is 0 Å². The normalized spacial score (nSPS) is 41.1. The zero-order chi connectivity index (χ0) is 13.4. The van der Waals surface area contributed by atoms with Crippen LogP contribution in [-0.2, 0) is 0 Å². The van der Waals surface area contributed by atoms with Crippen molar-refractivity contribution < 1.29 is 0 Å². The van der Waals surface area contributed by atoms with Crippen LogP contribution in [0.1, 0.15) is 70.6 Å². The SMILES string of the molecule is C1CCC2NC(CN3CCC4(CCCC4)CC3)CC2C1. The lowest BCUT2D eigenvalue weighted by atomic mass is 9.77. The Kier molecular flexibility index (Phi) is 3.80. The predicted molar refractivity (Wildman–Crippen MR) is 83.9 cm³/mol. The van der Waals surface area contributed by atoms with Gasteiger partial charge in [0.2, 0.25) is 0 Å². The van der Waals surface area contributed by atoms with Crippen molar-refractivity contribution in [1.82, 2.24) is 10.2 Å². The van der Waals surface area contributed by atoms with Gasteiger partial charge in [-0.1, -0.05) is 25.7 Å². The van der Waals surface area contributed by atoms with Crippen LogP contribution in [0.3, 0.4) is 0 Å². The fraction of sp³-hybridized carbons (Fsp3) is 1.00. The molecule has 2 nitrogen and oxygen atoms in total. The highest BCUT2D eigenvalue weighted by Gasteiger charge is 2.39. The minimum absolute atomic E-state index is 0.785. The van der Waals surface area contributed by atoms with E-state index < -0.39 is 0 Å². The Balaban J connectivity index is 1.26. The summed E-state index contributed by atoms with van der Waals surface area (Å²) in [5.74, 6) is 1.01. The highest BCUT2D eigenvalue weighted by Crippen LogP contribution is 2.46. The predicted octanol–water partition coefficient (Wildman–Crippen LogP) is 3.56. The monoisotopic (exact) mass is 276 g/mol. The van der Waals surface area contributed by atoms with E-state index >= 15 is 0 Å². The van der Waals surface area contributed by atoms with E-state index in [1.807, 2.05) is 0 Å². The molecule has 2 aliphatic carbocycles. The van der Waals surface area contributed by atoms with Crippen LogP contribution in [0.25, 0.3) is 0 Å². The van der Waals surface area contributed by atoms with E-state index in [0.29, 0.717) is 0 Å². The van der Waals surface area contributed by atoms with Gasteiger partial charge in [-0.25, -0.2) is 0 Å². The van der Waals surface area contributed by atoms with Crippen molar-refractivity contribution in [2.45, 2.75) is 82.7 Å². The quantitative estimate of drug-likeness (QED) is 0.829. The van der Waals surface area contributed by atoms with Gasteiger partial charge in [0.25, 0.3) is 0 Å². The molecule has 0 amide bonds. The van der Waals surface area contributed by atoms with Crippen molar-refractivity contribution in [3.05, 3.63) is 0 Å². The molecule has 4 aliphatic rings. The van der Waals surface area contributed by atoms with Crippen LogP contribution in [0, 0.1) is 11.3 Å². The maximum atomic E-state index is 3.96. The highest BCUT2D eigenvalue weighted by atomic mass is 15.2. The molecule has 2 saturated carbocycles. The molecule has 4 fully saturated rings. The summed E-state index contributed by atoms with van der Waals surface area (Å²) in [6, 6.07) is 1.68. The summed E-state index contributed by atoms with van der Waals surface area (Å²) in [7, 11) is 0. The number of piperidine rings is 1. The van der Waals surface area contributed by atoms with Gasteiger partial charge in [0.1, 0.15) is 0 Å². The molecule has 3 unspecified atom stereocenters. The smallest absolute Gasteiger partial charge is 0.0200 e. The highest BCUT2D eigenvalue weighted by molar-refractivity contribution is 4.96. The molecular weight excluding hydrogens is 244 g/mol. The third kappa shape index (κ3) is 2.66. The summed E-state index contributed by atoms with van der Waals surface area (Å²) in [6.45, 7) is 4.10. The van der Waals surface area contributed by atoms with E-state index in [1.54, 1.807) is 0 Å². The average molecular weight is 276 g/mol. The van der Waals surface area contributed by atoms with Crippen LogP contribution in [-0.4, -0.2) is 36.6 Å². The standard InChI is InChI=1S/C18H32N2/c1-2-6-17-15(5-1)13-16(19-17)14-20-11-9-18(10-12-20)7-3-4-8-18/h15-17,19H,1-14H2. The molecule has 2 heterocycles. The lowest BCUT2D eigenvalue weighted by Gasteiger charge is -2.40. The summed E-state index contributed by atoms with van der Waals surface area (Å²) in [4.78, 5) is 2.78. The Morgan fingerprint density at radius 1 is 0.900 bits per heavy atom. The summed E-state index contributed by atoms with van der Waals surface area (Å²) in [5, 5.41) is 3.96. The van der Waals surface area contributed by atoms with Crippen molar-refractivity contribution in [2.75, 3.05) is 19.6 Å². The molecule has 1 spiro atoms. The number of fused-ring (bicyclic) bond motifs is 1. The second-order valence-electron chi connectivity index (χ2n) is 8.26. The van der Waals surface area contributed by atoms with E-state index in [0.717, 1.165) is 23.4 Å². The third-order valence-corrected chi connectivity index (χ3v) is 7.01. The van der Waals surface area contributed by atoms with Gasteiger partial charge in [-0.3, -0.25) is 0 Å². The molecular formula is C18H32N2. The van der Waals surface area contributed by atoms with E-state index in [4.69, 9.17) is 0 Å². The van der Waals surface area contributed by atoms with E-state index in [9.17, 15) is 0 Å². The first-order valence-corrected chi connectivity index (χ1v) is 9.31. The summed E-state index contributed by atoms with van der Waals surface area (Å²) in [6.07, 6.45) is 16.4. The Morgan fingerprint density at radius 2 is 1.65 bits per heavy atom. The van der Waals surface area contributed by atoms with Crippen molar-refractivity contribution in [3.63, 3.8) is 0 Å². The lowest BCUT2D eigenvalue weighted by Crippen LogP contribution is -2.45. The van der Waals surface area contributed by atoms with E-state index in [2.05, 4.69) is 10.2 Å². The Hall–Kier alpha value is -0.0800. The maximum absolute atomic E-state index is 3.96. The van der Waals surface area contributed by atoms with Crippen LogP contribution in [0.4, 0.5) is 0 Å². The Labute approximate surface area is 124 Å². The minimum Gasteiger partial charge on any atom is -0.310 e. The molecule has 3 atom stereocenters. The first-order valence-electron chi connectivity index (χ1n) is 9.31. The number of hydrogen-bond acceptors (Lipinski definition) is 2. The van der Waals surface area contributed by atoms with Crippen molar-refractivity contribution in [2.24, 2.45) is 11.3 Å². The largest absolute Gasteiger partial charge is 0.310 e. The van der Waals surface area contributed by atoms with Gasteiger partial charge in [0, 0.05) is 18.6 Å². The van der Waals surface area contributed by atoms with Crippen LogP contribution < -0.4 is 5.32 Å². The summed E-state index contributed by atoms with van der Waals surface area (Å²) >= 11 is 0. The molecule has 4 rings (SSSR count). The van der Waals surface area contributed by atoms with Crippen LogP contribution in [0.5, 0.6) is 0 Å². The van der Waals surface area contributed by atoms with Gasteiger partial charge in [0.05, 0.1) is 0 Å². The van der Waals surface area contributed by atoms with Crippen molar-refractivity contribution in [1.29, 1.82) is 0 Å². The molecule has 2 heteroatoms. The summed E-state index contributed by atoms with van der Waals surface area (Å²) in [5.41, 5.74) is 0.785. The Morgan fingerprint density at radius 3 is 2.40 bits per heavy atom. The van der Waals surface area contributed by atoms with Gasteiger partial charge in [-0.05, 0) is 69.4 Å². The molecule has 0 aromatic rings. The number of nitrogens with zero attached hydrogens (tertiary/aromatic N) is 1.